The molecule has 6 heteroatoms. The molecule has 1 unspecified atom stereocenters. The molecule has 0 spiro atoms. The number of nitrogens with zero attached hydrogens (tertiary/aromatic N) is 1. The van der Waals surface area contributed by atoms with E-state index in [9.17, 15) is 4.79 Å². The first-order valence-electron chi connectivity index (χ1n) is 6.12. The van der Waals surface area contributed by atoms with E-state index in [4.69, 9.17) is 13.9 Å². The summed E-state index contributed by atoms with van der Waals surface area (Å²) in [5.74, 6) is -0.0573. The third-order valence-electron chi connectivity index (χ3n) is 2.97. The fraction of sp³-hybridized carbons (Fsp3) is 0.615. The lowest BCUT2D eigenvalue weighted by atomic mass is 10.0. The number of carbonyl (C=O) groups is 1. The van der Waals surface area contributed by atoms with E-state index in [0.717, 1.165) is 0 Å². The molecule has 1 fully saturated rings. The topological polar surface area (TPSA) is 51.9 Å². The summed E-state index contributed by atoms with van der Waals surface area (Å²) < 4.78 is 16.6. The number of hydrogen-bond donors (Lipinski definition) is 0. The molecule has 1 aliphatic heterocycles. The van der Waals surface area contributed by atoms with Gasteiger partial charge in [-0.1, -0.05) is 0 Å². The molecule has 106 valence electrons. The standard InChI is InChI=1S/C13H18BrNO4/c1-13(2)8-15(6-9(19-13)7-17-3)12(16)10-4-5-18-11(10)14/h4-5,9H,6-8H2,1-3H3. The Hall–Kier alpha value is -0.850. The zero-order valence-corrected chi connectivity index (χ0v) is 12.9. The van der Waals surface area contributed by atoms with Gasteiger partial charge in [-0.25, -0.2) is 0 Å². The normalized spacial score (nSPS) is 22.5. The molecule has 1 atom stereocenters. The Balaban J connectivity index is 2.15. The van der Waals surface area contributed by atoms with Crippen LogP contribution in [0.2, 0.25) is 0 Å². The maximum Gasteiger partial charge on any atom is 0.258 e. The van der Waals surface area contributed by atoms with Crippen molar-refractivity contribution in [3.8, 4) is 0 Å². The van der Waals surface area contributed by atoms with Crippen molar-refractivity contribution in [3.05, 3.63) is 22.6 Å². The van der Waals surface area contributed by atoms with E-state index in [1.54, 1.807) is 18.1 Å². The summed E-state index contributed by atoms with van der Waals surface area (Å²) in [6.45, 7) is 5.48. The molecule has 2 rings (SSSR count). The predicted molar refractivity (Wildman–Crippen MR) is 73.1 cm³/mol. The van der Waals surface area contributed by atoms with E-state index in [1.807, 2.05) is 13.8 Å². The van der Waals surface area contributed by atoms with Crippen LogP contribution in [0.4, 0.5) is 0 Å². The van der Waals surface area contributed by atoms with E-state index in [2.05, 4.69) is 15.9 Å². The van der Waals surface area contributed by atoms with Crippen LogP contribution in [0.5, 0.6) is 0 Å². The molecule has 0 radical (unpaired) electrons. The van der Waals surface area contributed by atoms with Gasteiger partial charge in [-0.15, -0.1) is 0 Å². The molecule has 1 aliphatic rings. The summed E-state index contributed by atoms with van der Waals surface area (Å²) in [5, 5.41) is 0. The number of carbonyl (C=O) groups excluding carboxylic acids is 1. The van der Waals surface area contributed by atoms with Crippen LogP contribution in [0.25, 0.3) is 0 Å². The van der Waals surface area contributed by atoms with Crippen molar-refractivity contribution < 1.29 is 18.7 Å². The molecular weight excluding hydrogens is 314 g/mol. The molecular formula is C13H18BrNO4. The number of halogens is 1. The van der Waals surface area contributed by atoms with Crippen LogP contribution in [0.3, 0.4) is 0 Å². The van der Waals surface area contributed by atoms with Gasteiger partial charge in [-0.3, -0.25) is 4.79 Å². The third kappa shape index (κ3) is 3.38. The highest BCUT2D eigenvalue weighted by molar-refractivity contribution is 9.10. The quantitative estimate of drug-likeness (QED) is 0.852. The highest BCUT2D eigenvalue weighted by atomic mass is 79.9. The summed E-state index contributed by atoms with van der Waals surface area (Å²) >= 11 is 3.24. The van der Waals surface area contributed by atoms with Crippen molar-refractivity contribution in [3.63, 3.8) is 0 Å². The molecule has 0 aliphatic carbocycles. The van der Waals surface area contributed by atoms with Crippen LogP contribution in [0, 0.1) is 0 Å². The van der Waals surface area contributed by atoms with Crippen LogP contribution in [0.1, 0.15) is 24.2 Å². The minimum Gasteiger partial charge on any atom is -0.457 e. The second-order valence-electron chi connectivity index (χ2n) is 5.25. The minimum absolute atomic E-state index is 0.0573. The smallest absolute Gasteiger partial charge is 0.258 e. The molecule has 19 heavy (non-hydrogen) atoms. The van der Waals surface area contributed by atoms with Crippen LogP contribution >= 0.6 is 15.9 Å². The number of amides is 1. The van der Waals surface area contributed by atoms with Gasteiger partial charge in [-0.05, 0) is 35.8 Å². The molecule has 1 saturated heterocycles. The van der Waals surface area contributed by atoms with Crippen LogP contribution < -0.4 is 0 Å². The number of morpholine rings is 1. The average Bonchev–Trinajstić information content (AvgIpc) is 2.73. The number of ether oxygens (including phenoxy) is 2. The van der Waals surface area contributed by atoms with Crippen molar-refractivity contribution in [2.24, 2.45) is 0 Å². The van der Waals surface area contributed by atoms with Crippen molar-refractivity contribution in [1.29, 1.82) is 0 Å². The van der Waals surface area contributed by atoms with Crippen LogP contribution in [0.15, 0.2) is 21.4 Å². The maximum atomic E-state index is 12.5. The number of rotatable bonds is 3. The third-order valence-corrected chi connectivity index (χ3v) is 3.58. The Morgan fingerprint density at radius 2 is 2.37 bits per heavy atom. The van der Waals surface area contributed by atoms with E-state index in [0.29, 0.717) is 29.9 Å². The van der Waals surface area contributed by atoms with Gasteiger partial charge in [0.15, 0.2) is 4.67 Å². The van der Waals surface area contributed by atoms with Gasteiger partial charge in [0.1, 0.15) is 0 Å². The van der Waals surface area contributed by atoms with E-state index >= 15 is 0 Å². The molecule has 0 saturated carbocycles. The second-order valence-corrected chi connectivity index (χ2v) is 5.97. The summed E-state index contributed by atoms with van der Waals surface area (Å²) in [5.41, 5.74) is 0.154. The zero-order chi connectivity index (χ0) is 14.0. The van der Waals surface area contributed by atoms with Gasteiger partial charge in [0, 0.05) is 20.2 Å². The summed E-state index contributed by atoms with van der Waals surface area (Å²) in [4.78, 5) is 14.2. The molecule has 0 N–H and O–H groups in total. The number of hydrogen-bond acceptors (Lipinski definition) is 4. The monoisotopic (exact) mass is 331 g/mol. The molecule has 0 aromatic carbocycles. The first kappa shape index (κ1) is 14.6. The van der Waals surface area contributed by atoms with Crippen LogP contribution in [-0.4, -0.2) is 49.3 Å². The van der Waals surface area contributed by atoms with Gasteiger partial charge in [0.2, 0.25) is 0 Å². The Kier molecular flexibility index (Phi) is 4.32. The van der Waals surface area contributed by atoms with E-state index in [1.165, 1.54) is 6.26 Å². The molecule has 5 nitrogen and oxygen atoms in total. The molecule has 0 bridgehead atoms. The van der Waals surface area contributed by atoms with Crippen molar-refractivity contribution >= 4 is 21.8 Å². The van der Waals surface area contributed by atoms with E-state index < -0.39 is 0 Å². The van der Waals surface area contributed by atoms with Crippen molar-refractivity contribution in [1.82, 2.24) is 4.90 Å². The maximum absolute atomic E-state index is 12.5. The Bertz CT molecular complexity index is 457. The highest BCUT2D eigenvalue weighted by Gasteiger charge is 2.36. The van der Waals surface area contributed by atoms with Crippen molar-refractivity contribution in [2.75, 3.05) is 26.8 Å². The summed E-state index contributed by atoms with van der Waals surface area (Å²) in [6, 6.07) is 1.67. The van der Waals surface area contributed by atoms with Crippen molar-refractivity contribution in [2.45, 2.75) is 25.6 Å². The molecule has 1 aromatic rings. The Labute approximate surface area is 121 Å². The van der Waals surface area contributed by atoms with Gasteiger partial charge in [0.25, 0.3) is 5.91 Å². The lowest BCUT2D eigenvalue weighted by molar-refractivity contribution is -0.143. The predicted octanol–water partition coefficient (Wildman–Crippen LogP) is 2.31. The Morgan fingerprint density at radius 3 is 2.95 bits per heavy atom. The first-order chi connectivity index (χ1) is 8.93. The molecule has 1 aromatic heterocycles. The Morgan fingerprint density at radius 1 is 1.63 bits per heavy atom. The summed E-state index contributed by atoms with van der Waals surface area (Å²) in [7, 11) is 1.63. The lowest BCUT2D eigenvalue weighted by Crippen LogP contribution is -2.55. The minimum atomic E-state index is -0.382. The van der Waals surface area contributed by atoms with Gasteiger partial charge in [-0.2, -0.15) is 0 Å². The second kappa shape index (κ2) is 5.64. The zero-order valence-electron chi connectivity index (χ0n) is 11.3. The fourth-order valence-corrected chi connectivity index (χ4v) is 2.75. The van der Waals surface area contributed by atoms with Gasteiger partial charge in [0.05, 0.1) is 30.1 Å². The number of methoxy groups -OCH3 is 1. The number of furan rings is 1. The highest BCUT2D eigenvalue weighted by Crippen LogP contribution is 2.25. The van der Waals surface area contributed by atoms with Gasteiger partial charge < -0.3 is 18.8 Å². The van der Waals surface area contributed by atoms with Crippen LogP contribution in [-0.2, 0) is 9.47 Å². The largest absolute Gasteiger partial charge is 0.457 e. The SMILES string of the molecule is COCC1CN(C(=O)c2ccoc2Br)CC(C)(C)O1. The summed E-state index contributed by atoms with van der Waals surface area (Å²) in [6.07, 6.45) is 1.39. The lowest BCUT2D eigenvalue weighted by Gasteiger charge is -2.42. The molecule has 1 amide bonds. The fourth-order valence-electron chi connectivity index (χ4n) is 2.34. The van der Waals surface area contributed by atoms with Gasteiger partial charge >= 0.3 is 0 Å². The molecule has 2 heterocycles. The average molecular weight is 332 g/mol. The first-order valence-corrected chi connectivity index (χ1v) is 6.91. The van der Waals surface area contributed by atoms with E-state index in [-0.39, 0.29) is 17.6 Å².